The lowest BCUT2D eigenvalue weighted by atomic mass is 10.1. The number of nitrogens with one attached hydrogen (secondary N) is 1. The molecule has 1 aliphatic heterocycles. The number of benzene rings is 1. The van der Waals surface area contributed by atoms with E-state index in [-0.39, 0.29) is 22.6 Å². The predicted octanol–water partition coefficient (Wildman–Crippen LogP) is 0.201. The first kappa shape index (κ1) is 15.9. The van der Waals surface area contributed by atoms with Crippen LogP contribution in [-0.4, -0.2) is 55.8 Å². The number of aliphatic hydroxyl groups excluding tert-OH is 1. The maximum atomic E-state index is 12.3. The van der Waals surface area contributed by atoms with Crippen molar-refractivity contribution in [3.63, 3.8) is 0 Å². The Balaban J connectivity index is 2.04. The van der Waals surface area contributed by atoms with Crippen molar-refractivity contribution in [3.8, 4) is 0 Å². The molecule has 1 aromatic rings. The lowest BCUT2D eigenvalue weighted by Crippen LogP contribution is -2.40. The van der Waals surface area contributed by atoms with Crippen molar-refractivity contribution >= 4 is 15.7 Å². The van der Waals surface area contributed by atoms with E-state index in [0.717, 1.165) is 19.4 Å². The van der Waals surface area contributed by atoms with Gasteiger partial charge in [0, 0.05) is 18.7 Å². The zero-order chi connectivity index (χ0) is 15.5. The van der Waals surface area contributed by atoms with E-state index in [9.17, 15) is 13.5 Å². The zero-order valence-corrected chi connectivity index (χ0v) is 12.6. The van der Waals surface area contributed by atoms with Gasteiger partial charge in [0.05, 0.1) is 16.8 Å². The topological polar surface area (TPSA) is 107 Å². The number of amidine groups is 1. The predicted molar refractivity (Wildman–Crippen MR) is 81.2 cm³/mol. The van der Waals surface area contributed by atoms with Crippen molar-refractivity contribution in [1.82, 2.24) is 4.90 Å². The molecule has 1 atom stereocenters. The molecule has 7 heteroatoms. The Labute approximate surface area is 125 Å². The summed E-state index contributed by atoms with van der Waals surface area (Å²) < 4.78 is 24.7. The zero-order valence-electron chi connectivity index (χ0n) is 11.8. The van der Waals surface area contributed by atoms with Crippen LogP contribution in [0, 0.1) is 5.41 Å². The minimum absolute atomic E-state index is 0.00107. The van der Waals surface area contributed by atoms with Crippen LogP contribution >= 0.6 is 0 Å². The first-order valence-electron chi connectivity index (χ1n) is 6.96. The molecule has 116 valence electrons. The Morgan fingerprint density at radius 2 is 2.24 bits per heavy atom. The molecule has 1 heterocycles. The number of hydrogen-bond donors (Lipinski definition) is 3. The van der Waals surface area contributed by atoms with Gasteiger partial charge in [0.25, 0.3) is 0 Å². The van der Waals surface area contributed by atoms with Crippen LogP contribution in [0.3, 0.4) is 0 Å². The van der Waals surface area contributed by atoms with E-state index in [1.54, 1.807) is 12.1 Å². The maximum absolute atomic E-state index is 12.3. The average Bonchev–Trinajstić information content (AvgIpc) is 2.45. The number of β-amino-alcohol motifs (C(OH)–C–C–N with tert-alkyl or cyclic N) is 1. The summed E-state index contributed by atoms with van der Waals surface area (Å²) in [6.45, 7) is 1.76. The second-order valence-corrected chi connectivity index (χ2v) is 7.47. The lowest BCUT2D eigenvalue weighted by Gasteiger charge is -2.29. The van der Waals surface area contributed by atoms with Crippen LogP contribution in [0.2, 0.25) is 0 Å². The normalized spacial score (nSPS) is 20.3. The van der Waals surface area contributed by atoms with Gasteiger partial charge < -0.3 is 10.8 Å². The van der Waals surface area contributed by atoms with Gasteiger partial charge in [0.1, 0.15) is 5.84 Å². The molecule has 0 aromatic heterocycles. The minimum Gasteiger partial charge on any atom is -0.392 e. The van der Waals surface area contributed by atoms with Crippen LogP contribution in [0.15, 0.2) is 29.2 Å². The first-order valence-corrected chi connectivity index (χ1v) is 8.61. The summed E-state index contributed by atoms with van der Waals surface area (Å²) in [4.78, 5) is 2.16. The number of piperidine rings is 1. The molecule has 0 spiro atoms. The summed E-state index contributed by atoms with van der Waals surface area (Å²) >= 11 is 0. The van der Waals surface area contributed by atoms with Crippen molar-refractivity contribution in [1.29, 1.82) is 5.41 Å². The summed E-state index contributed by atoms with van der Waals surface area (Å²) in [6, 6.07) is 6.16. The second kappa shape index (κ2) is 6.55. The molecule has 1 aliphatic rings. The number of nitrogen functional groups attached to an aromatic ring is 1. The van der Waals surface area contributed by atoms with Crippen molar-refractivity contribution in [2.45, 2.75) is 23.8 Å². The standard InChI is InChI=1S/C14H21N3O3S/c15-14(16)11-3-1-5-13(9-11)21(19,20)8-7-17-6-2-4-12(18)10-17/h1,3,5,9,12,18H,2,4,6-8,10H2,(H3,15,16). The molecular formula is C14H21N3O3S. The molecule has 1 saturated heterocycles. The van der Waals surface area contributed by atoms with E-state index in [1.807, 2.05) is 4.90 Å². The molecule has 1 aromatic carbocycles. The average molecular weight is 311 g/mol. The van der Waals surface area contributed by atoms with Gasteiger partial charge in [-0.1, -0.05) is 12.1 Å². The van der Waals surface area contributed by atoms with Gasteiger partial charge in [-0.15, -0.1) is 0 Å². The fourth-order valence-electron chi connectivity index (χ4n) is 2.46. The summed E-state index contributed by atoms with van der Waals surface area (Å²) in [5.74, 6) is -0.146. The van der Waals surface area contributed by atoms with Gasteiger partial charge in [-0.3, -0.25) is 10.3 Å². The third kappa shape index (κ3) is 4.26. The monoisotopic (exact) mass is 311 g/mol. The summed E-state index contributed by atoms with van der Waals surface area (Å²) in [7, 11) is -3.41. The van der Waals surface area contributed by atoms with E-state index in [4.69, 9.17) is 11.1 Å². The van der Waals surface area contributed by atoms with Crippen LogP contribution in [-0.2, 0) is 9.84 Å². The number of sulfone groups is 1. The van der Waals surface area contributed by atoms with Gasteiger partial charge in [-0.2, -0.15) is 0 Å². The van der Waals surface area contributed by atoms with Crippen LogP contribution in [0.1, 0.15) is 18.4 Å². The quantitative estimate of drug-likeness (QED) is 0.532. The highest BCUT2D eigenvalue weighted by Gasteiger charge is 2.21. The van der Waals surface area contributed by atoms with E-state index < -0.39 is 9.84 Å². The number of rotatable bonds is 5. The summed E-state index contributed by atoms with van der Waals surface area (Å²) in [5, 5.41) is 17.0. The Bertz CT molecular complexity index is 616. The second-order valence-electron chi connectivity index (χ2n) is 5.36. The van der Waals surface area contributed by atoms with Gasteiger partial charge in [-0.25, -0.2) is 8.42 Å². The summed E-state index contributed by atoms with van der Waals surface area (Å²) in [5.41, 5.74) is 5.79. The fourth-order valence-corrected chi connectivity index (χ4v) is 3.79. The molecule has 1 fully saturated rings. The molecule has 2 rings (SSSR count). The van der Waals surface area contributed by atoms with Crippen LogP contribution < -0.4 is 5.73 Å². The Kier molecular flexibility index (Phi) is 4.97. The van der Waals surface area contributed by atoms with Gasteiger partial charge in [0.15, 0.2) is 9.84 Å². The number of nitrogens with zero attached hydrogens (tertiary/aromatic N) is 1. The van der Waals surface area contributed by atoms with Crippen molar-refractivity contribution in [2.75, 3.05) is 25.4 Å². The van der Waals surface area contributed by atoms with Crippen molar-refractivity contribution in [3.05, 3.63) is 29.8 Å². The third-order valence-electron chi connectivity index (χ3n) is 3.66. The van der Waals surface area contributed by atoms with E-state index in [1.165, 1.54) is 12.1 Å². The number of aliphatic hydroxyl groups is 1. The van der Waals surface area contributed by atoms with Gasteiger partial charge >= 0.3 is 0 Å². The van der Waals surface area contributed by atoms with Gasteiger partial charge in [-0.05, 0) is 31.5 Å². The molecule has 0 amide bonds. The molecular weight excluding hydrogens is 290 g/mol. The largest absolute Gasteiger partial charge is 0.392 e. The Hall–Kier alpha value is -1.44. The highest BCUT2D eigenvalue weighted by Crippen LogP contribution is 2.15. The molecule has 4 N–H and O–H groups in total. The van der Waals surface area contributed by atoms with Gasteiger partial charge in [0.2, 0.25) is 0 Å². The first-order chi connectivity index (χ1) is 9.88. The molecule has 0 aliphatic carbocycles. The molecule has 0 radical (unpaired) electrons. The molecule has 21 heavy (non-hydrogen) atoms. The Morgan fingerprint density at radius 1 is 1.48 bits per heavy atom. The molecule has 6 nitrogen and oxygen atoms in total. The molecule has 1 unspecified atom stereocenters. The number of hydrogen-bond acceptors (Lipinski definition) is 5. The smallest absolute Gasteiger partial charge is 0.179 e. The number of likely N-dealkylation sites (tertiary alicyclic amines) is 1. The minimum atomic E-state index is -3.41. The SMILES string of the molecule is N=C(N)c1cccc(S(=O)(=O)CCN2CCCC(O)C2)c1. The summed E-state index contributed by atoms with van der Waals surface area (Å²) in [6.07, 6.45) is 1.31. The maximum Gasteiger partial charge on any atom is 0.179 e. The Morgan fingerprint density at radius 3 is 2.90 bits per heavy atom. The highest BCUT2D eigenvalue weighted by molar-refractivity contribution is 7.91. The third-order valence-corrected chi connectivity index (χ3v) is 5.35. The van der Waals surface area contributed by atoms with E-state index in [0.29, 0.717) is 18.7 Å². The van der Waals surface area contributed by atoms with E-state index >= 15 is 0 Å². The molecule has 0 saturated carbocycles. The number of nitrogens with two attached hydrogens (primary N) is 1. The van der Waals surface area contributed by atoms with Crippen LogP contribution in [0.5, 0.6) is 0 Å². The van der Waals surface area contributed by atoms with Crippen molar-refractivity contribution in [2.24, 2.45) is 5.73 Å². The van der Waals surface area contributed by atoms with Crippen LogP contribution in [0.4, 0.5) is 0 Å². The highest BCUT2D eigenvalue weighted by atomic mass is 32.2. The fraction of sp³-hybridized carbons (Fsp3) is 0.500. The molecule has 0 bridgehead atoms. The lowest BCUT2D eigenvalue weighted by molar-refractivity contribution is 0.0741. The van der Waals surface area contributed by atoms with E-state index in [2.05, 4.69) is 0 Å². The van der Waals surface area contributed by atoms with Crippen molar-refractivity contribution < 1.29 is 13.5 Å². The van der Waals surface area contributed by atoms with Crippen LogP contribution in [0.25, 0.3) is 0 Å².